The van der Waals surface area contributed by atoms with Crippen molar-refractivity contribution in [3.63, 3.8) is 0 Å². The van der Waals surface area contributed by atoms with Gasteiger partial charge in [0.15, 0.2) is 9.84 Å². The van der Waals surface area contributed by atoms with Gasteiger partial charge >= 0.3 is 0 Å². The van der Waals surface area contributed by atoms with Crippen molar-refractivity contribution in [3.05, 3.63) is 30.3 Å². The van der Waals surface area contributed by atoms with Crippen molar-refractivity contribution in [2.24, 2.45) is 0 Å². The van der Waals surface area contributed by atoms with Crippen LogP contribution < -0.4 is 0 Å². The fourth-order valence-electron chi connectivity index (χ4n) is 0.960. The summed E-state index contributed by atoms with van der Waals surface area (Å²) in [6.45, 7) is 0. The molecular formula is C9H9ClO3S. The maximum absolute atomic E-state index is 11.6. The molecule has 0 saturated heterocycles. The van der Waals surface area contributed by atoms with Crippen molar-refractivity contribution in [3.8, 4) is 0 Å². The fraction of sp³-hybridized carbons (Fsp3) is 0.222. The van der Waals surface area contributed by atoms with Crippen LogP contribution in [0.25, 0.3) is 0 Å². The third kappa shape index (κ3) is 2.33. The average Bonchev–Trinajstić information content (AvgIpc) is 2.19. The molecule has 1 aromatic rings. The Morgan fingerprint density at radius 2 is 1.86 bits per heavy atom. The molecule has 0 aliphatic heterocycles. The highest BCUT2D eigenvalue weighted by Gasteiger charge is 2.24. The Bertz CT molecular complexity index is 399. The van der Waals surface area contributed by atoms with E-state index in [2.05, 4.69) is 0 Å². The highest BCUT2D eigenvalue weighted by Crippen LogP contribution is 2.19. The highest BCUT2D eigenvalue weighted by molar-refractivity contribution is 7.93. The Labute approximate surface area is 87.6 Å². The smallest absolute Gasteiger partial charge is 0.195 e. The minimum absolute atomic E-state index is 0.141. The van der Waals surface area contributed by atoms with E-state index in [1.807, 2.05) is 0 Å². The molecule has 0 aliphatic rings. The summed E-state index contributed by atoms with van der Waals surface area (Å²) in [6.07, 6.45) is 0.303. The predicted octanol–water partition coefficient (Wildman–Crippen LogP) is 1.61. The second kappa shape index (κ2) is 4.57. The molecule has 0 aliphatic carbocycles. The summed E-state index contributed by atoms with van der Waals surface area (Å²) < 4.78 is 22.1. The number of hydrogen-bond donors (Lipinski definition) is 0. The first-order chi connectivity index (χ1) is 6.59. The van der Waals surface area contributed by atoms with E-state index in [0.29, 0.717) is 6.29 Å². The van der Waals surface area contributed by atoms with Crippen LogP contribution in [-0.2, 0) is 14.6 Å². The van der Waals surface area contributed by atoms with Crippen LogP contribution in [0, 0.1) is 0 Å². The van der Waals surface area contributed by atoms with Gasteiger partial charge in [-0.15, -0.1) is 11.6 Å². The largest absolute Gasteiger partial charge is 0.303 e. The number of benzene rings is 1. The number of alkyl halides is 1. The van der Waals surface area contributed by atoms with Crippen LogP contribution in [0.1, 0.15) is 6.42 Å². The molecule has 14 heavy (non-hydrogen) atoms. The third-order valence-corrected chi connectivity index (χ3v) is 4.37. The second-order valence-corrected chi connectivity index (χ2v) is 5.59. The summed E-state index contributed by atoms with van der Waals surface area (Å²) in [4.78, 5) is 10.3. The van der Waals surface area contributed by atoms with Crippen LogP contribution in [0.15, 0.2) is 35.2 Å². The van der Waals surface area contributed by atoms with Gasteiger partial charge in [0.1, 0.15) is 11.0 Å². The van der Waals surface area contributed by atoms with E-state index in [1.54, 1.807) is 18.2 Å². The number of carbonyl (C=O) groups excluding carboxylic acids is 1. The van der Waals surface area contributed by atoms with Gasteiger partial charge in [-0.05, 0) is 12.1 Å². The van der Waals surface area contributed by atoms with Gasteiger partial charge in [0.25, 0.3) is 0 Å². The molecule has 0 fully saturated rings. The third-order valence-electron chi connectivity index (χ3n) is 1.69. The lowest BCUT2D eigenvalue weighted by molar-refractivity contribution is -0.107. The van der Waals surface area contributed by atoms with E-state index in [9.17, 15) is 13.2 Å². The van der Waals surface area contributed by atoms with Gasteiger partial charge in [-0.25, -0.2) is 8.42 Å². The van der Waals surface area contributed by atoms with Gasteiger partial charge in [-0.1, -0.05) is 18.2 Å². The standard InChI is InChI=1S/C9H9ClO3S/c10-9(6-7-11)14(12,13)8-4-2-1-3-5-8/h1-5,7,9H,6H2. The molecule has 0 spiro atoms. The average molecular weight is 233 g/mol. The van der Waals surface area contributed by atoms with Crippen molar-refractivity contribution in [1.82, 2.24) is 0 Å². The molecule has 0 aromatic heterocycles. The number of sulfone groups is 1. The van der Waals surface area contributed by atoms with Gasteiger partial charge in [0.2, 0.25) is 0 Å². The van der Waals surface area contributed by atoms with E-state index in [0.717, 1.165) is 0 Å². The van der Waals surface area contributed by atoms with E-state index in [-0.39, 0.29) is 11.3 Å². The number of carbonyl (C=O) groups is 1. The first-order valence-corrected chi connectivity index (χ1v) is 5.94. The van der Waals surface area contributed by atoms with Crippen molar-refractivity contribution in [2.75, 3.05) is 0 Å². The monoisotopic (exact) mass is 232 g/mol. The van der Waals surface area contributed by atoms with Gasteiger partial charge in [-0.2, -0.15) is 0 Å². The van der Waals surface area contributed by atoms with Crippen molar-refractivity contribution in [1.29, 1.82) is 0 Å². The highest BCUT2D eigenvalue weighted by atomic mass is 35.5. The molecule has 0 amide bonds. The molecule has 0 radical (unpaired) electrons. The maximum Gasteiger partial charge on any atom is 0.195 e. The minimum Gasteiger partial charge on any atom is -0.303 e. The first kappa shape index (κ1) is 11.2. The molecule has 1 atom stereocenters. The molecule has 5 heteroatoms. The molecule has 76 valence electrons. The molecule has 1 aromatic carbocycles. The fourth-order valence-corrected chi connectivity index (χ4v) is 2.51. The van der Waals surface area contributed by atoms with Crippen LogP contribution in [0.3, 0.4) is 0 Å². The van der Waals surface area contributed by atoms with Crippen LogP contribution in [0.4, 0.5) is 0 Å². The summed E-state index contributed by atoms with van der Waals surface area (Å²) in [5.74, 6) is 0. The number of aldehydes is 1. The van der Waals surface area contributed by atoms with Crippen molar-refractivity contribution in [2.45, 2.75) is 16.0 Å². The maximum atomic E-state index is 11.6. The molecule has 0 N–H and O–H groups in total. The summed E-state index contributed by atoms with van der Waals surface area (Å²) in [6, 6.07) is 7.84. The zero-order valence-corrected chi connectivity index (χ0v) is 8.83. The zero-order valence-electron chi connectivity index (χ0n) is 7.26. The van der Waals surface area contributed by atoms with Gasteiger partial charge < -0.3 is 4.79 Å². The quantitative estimate of drug-likeness (QED) is 0.586. The van der Waals surface area contributed by atoms with Crippen LogP contribution >= 0.6 is 11.6 Å². The van der Waals surface area contributed by atoms with Crippen molar-refractivity contribution >= 4 is 27.7 Å². The minimum atomic E-state index is -3.57. The lowest BCUT2D eigenvalue weighted by atomic mass is 10.4. The molecule has 1 unspecified atom stereocenters. The molecule has 1 rings (SSSR count). The summed E-state index contributed by atoms with van der Waals surface area (Å²) in [7, 11) is -3.57. The Morgan fingerprint density at radius 3 is 2.36 bits per heavy atom. The number of rotatable bonds is 4. The molecule has 0 saturated carbocycles. The molecule has 0 heterocycles. The number of halogens is 1. The van der Waals surface area contributed by atoms with Crippen molar-refractivity contribution < 1.29 is 13.2 Å². The SMILES string of the molecule is O=CCC(Cl)S(=O)(=O)c1ccccc1. The van der Waals surface area contributed by atoms with E-state index in [1.165, 1.54) is 12.1 Å². The Morgan fingerprint density at radius 1 is 1.29 bits per heavy atom. The van der Waals surface area contributed by atoms with Crippen LogP contribution in [0.2, 0.25) is 0 Å². The topological polar surface area (TPSA) is 51.2 Å². The Balaban J connectivity index is 3.03. The predicted molar refractivity (Wildman–Crippen MR) is 53.9 cm³/mol. The van der Waals surface area contributed by atoms with Gasteiger partial charge in [0, 0.05) is 6.42 Å². The normalized spacial score (nSPS) is 13.5. The van der Waals surface area contributed by atoms with E-state index in [4.69, 9.17) is 11.6 Å². The Hall–Kier alpha value is -0.870. The van der Waals surface area contributed by atoms with E-state index >= 15 is 0 Å². The van der Waals surface area contributed by atoms with Gasteiger partial charge in [0.05, 0.1) is 4.90 Å². The summed E-state index contributed by atoms with van der Waals surface area (Å²) >= 11 is 5.59. The lowest BCUT2D eigenvalue weighted by Crippen LogP contribution is -2.15. The molecule has 0 bridgehead atoms. The molecule has 3 nitrogen and oxygen atoms in total. The summed E-state index contributed by atoms with van der Waals surface area (Å²) in [5, 5.41) is 0. The zero-order chi connectivity index (χ0) is 10.6. The second-order valence-electron chi connectivity index (χ2n) is 2.67. The first-order valence-electron chi connectivity index (χ1n) is 3.95. The van der Waals surface area contributed by atoms with Crippen LogP contribution in [-0.4, -0.2) is 19.4 Å². The lowest BCUT2D eigenvalue weighted by Gasteiger charge is -2.07. The molecular weight excluding hydrogens is 224 g/mol. The van der Waals surface area contributed by atoms with Gasteiger partial charge in [-0.3, -0.25) is 0 Å². The summed E-state index contributed by atoms with van der Waals surface area (Å²) in [5.41, 5.74) is 0. The number of hydrogen-bond acceptors (Lipinski definition) is 3. The Kier molecular flexibility index (Phi) is 3.66. The van der Waals surface area contributed by atoms with E-state index < -0.39 is 14.5 Å². The van der Waals surface area contributed by atoms with Crippen LogP contribution in [0.5, 0.6) is 0 Å².